The number of ether oxygens (including phenoxy) is 1. The van der Waals surface area contributed by atoms with Gasteiger partial charge < -0.3 is 17.8 Å². The predicted octanol–water partition coefficient (Wildman–Crippen LogP) is 5.07. The number of nitrogens with one attached hydrogen (secondary N) is 1. The van der Waals surface area contributed by atoms with E-state index in [0.717, 1.165) is 97.2 Å². The van der Waals surface area contributed by atoms with E-state index < -0.39 is 31.1 Å². The predicted molar refractivity (Wildman–Crippen MR) is 280 cm³/mol. The molecule has 2 aliphatic heterocycles. The number of benzene rings is 5. The molecule has 0 fully saturated rings. The average Bonchev–Trinajstić information content (AvgIpc) is 3.65. The summed E-state index contributed by atoms with van der Waals surface area (Å²) in [5.74, 6) is 0.497. The Morgan fingerprint density at radius 3 is 2.06 bits per heavy atom. The van der Waals surface area contributed by atoms with Crippen LogP contribution in [0.3, 0.4) is 0 Å². The molecular formula is C56H64N3Na2O8S2+. The molecule has 0 spiro atoms. The van der Waals surface area contributed by atoms with E-state index in [-0.39, 0.29) is 92.2 Å². The molecule has 71 heavy (non-hydrogen) atoms. The summed E-state index contributed by atoms with van der Waals surface area (Å²) in [5, 5.41) is 7.38. The fourth-order valence-electron chi connectivity index (χ4n) is 10.4. The molecule has 0 radical (unpaired) electrons. The average molecular weight is 1020 g/mol. The minimum atomic E-state index is -4.17. The number of allylic oxidation sites excluding steroid dienone is 7. The van der Waals surface area contributed by atoms with Crippen LogP contribution in [0.25, 0.3) is 21.5 Å². The van der Waals surface area contributed by atoms with Crippen LogP contribution in [0.15, 0.2) is 156 Å². The second-order valence-electron chi connectivity index (χ2n) is 19.4. The maximum Gasteiger partial charge on any atom is 1.00 e. The number of nitrogens with zero attached hydrogens (tertiary/aromatic N) is 2. The Morgan fingerprint density at radius 2 is 1.41 bits per heavy atom. The quantitative estimate of drug-likeness (QED) is 0.0502. The van der Waals surface area contributed by atoms with Crippen LogP contribution in [0.4, 0.5) is 11.4 Å². The molecule has 3 aliphatic rings. The molecule has 0 aromatic heterocycles. The van der Waals surface area contributed by atoms with E-state index >= 15 is 0 Å². The van der Waals surface area contributed by atoms with Gasteiger partial charge in [0.15, 0.2) is 5.71 Å². The largest absolute Gasteiger partial charge is 1.00 e. The third-order valence-electron chi connectivity index (χ3n) is 13.7. The number of rotatable bonds is 17. The number of hydrogen-bond donors (Lipinski definition) is 3. The Morgan fingerprint density at radius 1 is 0.789 bits per heavy atom. The van der Waals surface area contributed by atoms with Crippen molar-refractivity contribution in [1.29, 1.82) is 0 Å². The molecule has 3 N–H and O–H groups in total. The van der Waals surface area contributed by atoms with Crippen molar-refractivity contribution in [2.75, 3.05) is 36.0 Å². The van der Waals surface area contributed by atoms with Gasteiger partial charge in [-0.3, -0.25) is 13.9 Å². The Kier molecular flexibility index (Phi) is 18.2. The monoisotopic (exact) mass is 1020 g/mol. The van der Waals surface area contributed by atoms with Gasteiger partial charge in [-0.1, -0.05) is 93.2 Å². The van der Waals surface area contributed by atoms with Crippen LogP contribution in [0.1, 0.15) is 86.3 Å². The van der Waals surface area contributed by atoms with Crippen molar-refractivity contribution in [3.8, 4) is 5.75 Å². The summed E-state index contributed by atoms with van der Waals surface area (Å²) >= 11 is 0. The minimum absolute atomic E-state index is 0. The topological polar surface area (TPSA) is 153 Å². The molecule has 5 aromatic rings. The first-order valence-corrected chi connectivity index (χ1v) is 26.9. The van der Waals surface area contributed by atoms with Gasteiger partial charge in [-0.25, -0.2) is 0 Å². The van der Waals surface area contributed by atoms with Crippen LogP contribution in [-0.2, 0) is 42.3 Å². The summed E-state index contributed by atoms with van der Waals surface area (Å²) in [6.07, 6.45) is 12.0. The first-order chi connectivity index (χ1) is 32.7. The number of amides is 1. The number of fused-ring (bicyclic) bond motifs is 6. The first-order valence-electron chi connectivity index (χ1n) is 23.6. The van der Waals surface area contributed by atoms with Crippen molar-refractivity contribution < 1.29 is 102 Å². The Bertz CT molecular complexity index is 3280. The summed E-state index contributed by atoms with van der Waals surface area (Å²) in [6.45, 7) is 15.4. The zero-order chi connectivity index (χ0) is 49.3. The molecule has 364 valence electrons. The van der Waals surface area contributed by atoms with Gasteiger partial charge in [0.25, 0.3) is 20.2 Å². The molecule has 0 bridgehead atoms. The van der Waals surface area contributed by atoms with Crippen molar-refractivity contribution in [1.82, 2.24) is 5.32 Å². The van der Waals surface area contributed by atoms with Gasteiger partial charge in [-0.05, 0) is 133 Å². The van der Waals surface area contributed by atoms with Crippen molar-refractivity contribution in [3.63, 3.8) is 0 Å². The van der Waals surface area contributed by atoms with E-state index in [0.29, 0.717) is 37.4 Å². The Hall–Kier alpha value is -4.12. The van der Waals surface area contributed by atoms with E-state index in [2.05, 4.69) is 122 Å². The van der Waals surface area contributed by atoms with Crippen LogP contribution < -0.4 is 74.1 Å². The molecule has 0 atom stereocenters. The molecule has 5 aromatic carbocycles. The molecule has 1 aliphatic carbocycles. The standard InChI is InChI=1S/C56H61N3O8S2.2Na.2H/c1-38(2)54(60)57-33-32-39-20-26-44(27-21-39)67-53-42(24-30-49-55(3,4)51-45-18-9-7-14-40(45)22-28-47(51)58(49)34-12-36-68(61,62)63)16-11-17-43(53)25-31-50-56(5,6)52-46-19-10-8-15-41(46)23-29-48(52)59(50)35-13-37-69(64,65)66;;;;/h7-10,14-15,18-31H,1,11-13,16-17,32-37H2,2-6H3,(H2-,57,60,61,62,63,64,65,66);;;;/q;2*+1;2*-1/p+1. The van der Waals surface area contributed by atoms with Gasteiger partial charge in [0, 0.05) is 59.6 Å². The van der Waals surface area contributed by atoms with E-state index in [9.17, 15) is 30.7 Å². The van der Waals surface area contributed by atoms with Crippen molar-refractivity contribution >= 4 is 64.8 Å². The van der Waals surface area contributed by atoms with Gasteiger partial charge in [0.05, 0.1) is 16.9 Å². The van der Waals surface area contributed by atoms with Crippen LogP contribution >= 0.6 is 0 Å². The first kappa shape index (κ1) is 56.2. The number of carbonyl (C=O) groups is 1. The Balaban J connectivity index is 0.00000289. The normalized spacial score (nSPS) is 17.4. The van der Waals surface area contributed by atoms with Crippen LogP contribution in [0.5, 0.6) is 5.75 Å². The van der Waals surface area contributed by atoms with Gasteiger partial charge >= 0.3 is 59.1 Å². The molecule has 15 heteroatoms. The minimum Gasteiger partial charge on any atom is -1.00 e. The SMILES string of the molecule is C=C(C)C(=O)NCCc1ccc(OC2=C(/C=C/C3=[N+](CCCS(=O)(=O)O)c4ccc5ccccc5c4C3(C)C)CCC/C2=C\C=C2\N(CCCS(=O)(=O)O)c3ccc4ccccc4c3C2(C)C)cc1.[H-].[H-].[Na+].[Na+]. The molecule has 8 rings (SSSR count). The maximum atomic E-state index is 12.1. The molecule has 11 nitrogen and oxygen atoms in total. The molecule has 0 saturated heterocycles. The Labute approximate surface area is 466 Å². The third-order valence-corrected chi connectivity index (χ3v) is 15.3. The summed E-state index contributed by atoms with van der Waals surface area (Å²) in [7, 11) is -8.33. The van der Waals surface area contributed by atoms with Crippen molar-refractivity contribution in [2.45, 2.75) is 84.0 Å². The summed E-state index contributed by atoms with van der Waals surface area (Å²) < 4.78 is 76.2. The van der Waals surface area contributed by atoms with Crippen LogP contribution in [0, 0.1) is 0 Å². The molecule has 0 unspecified atom stereocenters. The van der Waals surface area contributed by atoms with Gasteiger partial charge in [0.1, 0.15) is 18.1 Å². The summed E-state index contributed by atoms with van der Waals surface area (Å²) in [4.78, 5) is 14.3. The number of anilines is 1. The van der Waals surface area contributed by atoms with Crippen molar-refractivity contribution in [3.05, 3.63) is 173 Å². The second-order valence-corrected chi connectivity index (χ2v) is 22.5. The molecule has 2 heterocycles. The molecular weight excluding hydrogens is 953 g/mol. The fraction of sp³-hybridized carbons (Fsp3) is 0.321. The van der Waals surface area contributed by atoms with Gasteiger partial charge in [0.2, 0.25) is 11.6 Å². The van der Waals surface area contributed by atoms with Gasteiger partial charge in [-0.2, -0.15) is 21.4 Å². The van der Waals surface area contributed by atoms with E-state index in [1.54, 1.807) is 6.92 Å². The van der Waals surface area contributed by atoms with E-state index in [1.165, 1.54) is 0 Å². The third kappa shape index (κ3) is 12.6. The zero-order valence-electron chi connectivity index (χ0n) is 44.1. The van der Waals surface area contributed by atoms with E-state index in [1.807, 2.05) is 48.5 Å². The van der Waals surface area contributed by atoms with Crippen molar-refractivity contribution in [2.24, 2.45) is 0 Å². The second kappa shape index (κ2) is 23.0. The zero-order valence-corrected chi connectivity index (χ0v) is 47.7. The molecule has 0 saturated carbocycles. The molecule has 1 amide bonds. The maximum absolute atomic E-state index is 12.1. The fourth-order valence-corrected chi connectivity index (χ4v) is 11.4. The van der Waals surface area contributed by atoms with Crippen LogP contribution in [-0.4, -0.2) is 73.3 Å². The summed E-state index contributed by atoms with van der Waals surface area (Å²) in [6, 6.07) is 32.9. The van der Waals surface area contributed by atoms with Crippen LogP contribution in [0.2, 0.25) is 0 Å². The number of carbonyl (C=O) groups excluding carboxylic acids is 1. The smallest absolute Gasteiger partial charge is 1.00 e. The van der Waals surface area contributed by atoms with E-state index in [4.69, 9.17) is 4.74 Å². The number of hydrogen-bond acceptors (Lipinski definition) is 7. The summed E-state index contributed by atoms with van der Waals surface area (Å²) in [5.41, 5.74) is 8.83. The van der Waals surface area contributed by atoms with Gasteiger partial charge in [-0.15, -0.1) is 0 Å².